The Hall–Kier alpha value is -0.860. The fourth-order valence-electron chi connectivity index (χ4n) is 2.22. The summed E-state index contributed by atoms with van der Waals surface area (Å²) < 4.78 is 1.39. The molecule has 2 rings (SSSR count). The highest BCUT2D eigenvalue weighted by Crippen LogP contribution is 2.34. The van der Waals surface area contributed by atoms with Crippen molar-refractivity contribution in [3.05, 3.63) is 35.2 Å². The van der Waals surface area contributed by atoms with E-state index >= 15 is 0 Å². The first-order valence-corrected chi connectivity index (χ1v) is 6.79. The average molecular weight is 233 g/mol. The average Bonchev–Trinajstić information content (AvgIpc) is 2.74. The summed E-state index contributed by atoms with van der Waals surface area (Å²) in [6, 6.07) is 9.14. The molecular formula is C14H19NS. The molecule has 0 fully saturated rings. The Morgan fingerprint density at radius 3 is 2.75 bits per heavy atom. The van der Waals surface area contributed by atoms with Crippen LogP contribution in [0.1, 0.15) is 31.9 Å². The van der Waals surface area contributed by atoms with Crippen LogP contribution in [0.4, 0.5) is 0 Å². The largest absolute Gasteiger partial charge is 0.313 e. The van der Waals surface area contributed by atoms with Crippen LogP contribution in [0.3, 0.4) is 0 Å². The minimum absolute atomic E-state index is 0.473. The first-order chi connectivity index (χ1) is 7.77. The number of hydrogen-bond acceptors (Lipinski definition) is 2. The summed E-state index contributed by atoms with van der Waals surface area (Å²) in [5.74, 6) is 0.669. The summed E-state index contributed by atoms with van der Waals surface area (Å²) in [5, 5.41) is 7.17. The van der Waals surface area contributed by atoms with Crippen LogP contribution in [0.25, 0.3) is 10.1 Å². The molecule has 0 aliphatic rings. The van der Waals surface area contributed by atoms with E-state index in [1.165, 1.54) is 22.1 Å². The lowest BCUT2D eigenvalue weighted by atomic mass is 9.92. The lowest BCUT2D eigenvalue weighted by Crippen LogP contribution is -2.22. The van der Waals surface area contributed by atoms with E-state index in [9.17, 15) is 0 Å². The Labute approximate surface area is 101 Å². The molecule has 0 amide bonds. The molecule has 2 atom stereocenters. The second-order valence-electron chi connectivity index (χ2n) is 4.34. The molecule has 0 aliphatic carbocycles. The van der Waals surface area contributed by atoms with Gasteiger partial charge in [-0.2, -0.15) is 0 Å². The first-order valence-electron chi connectivity index (χ1n) is 5.91. The molecule has 1 N–H and O–H groups in total. The van der Waals surface area contributed by atoms with Gasteiger partial charge < -0.3 is 5.32 Å². The Morgan fingerprint density at radius 2 is 2.06 bits per heavy atom. The maximum absolute atomic E-state index is 3.45. The van der Waals surface area contributed by atoms with Crippen LogP contribution < -0.4 is 5.32 Å². The first kappa shape index (κ1) is 11.6. The van der Waals surface area contributed by atoms with Gasteiger partial charge in [0.05, 0.1) is 0 Å². The molecule has 1 aromatic heterocycles. The lowest BCUT2D eigenvalue weighted by Gasteiger charge is -2.22. The van der Waals surface area contributed by atoms with Gasteiger partial charge in [0.2, 0.25) is 0 Å². The van der Waals surface area contributed by atoms with Crippen LogP contribution >= 0.6 is 11.3 Å². The van der Waals surface area contributed by atoms with E-state index in [4.69, 9.17) is 0 Å². The lowest BCUT2D eigenvalue weighted by molar-refractivity contribution is 0.403. The molecule has 86 valence electrons. The van der Waals surface area contributed by atoms with Crippen LogP contribution in [0.15, 0.2) is 29.6 Å². The SMILES string of the molecule is CCC(C)C(NC)c1csc2ccccc12. The third-order valence-corrected chi connectivity index (χ3v) is 4.35. The third kappa shape index (κ3) is 2.00. The molecule has 0 spiro atoms. The van der Waals surface area contributed by atoms with Gasteiger partial charge in [0, 0.05) is 10.7 Å². The molecule has 2 heteroatoms. The molecule has 0 saturated carbocycles. The minimum Gasteiger partial charge on any atom is -0.313 e. The highest BCUT2D eigenvalue weighted by Gasteiger charge is 2.18. The van der Waals surface area contributed by atoms with E-state index < -0.39 is 0 Å². The predicted molar refractivity (Wildman–Crippen MR) is 73.1 cm³/mol. The predicted octanol–water partition coefficient (Wildman–Crippen LogP) is 4.21. The molecule has 1 aromatic carbocycles. The highest BCUT2D eigenvalue weighted by molar-refractivity contribution is 7.17. The van der Waals surface area contributed by atoms with Gasteiger partial charge in [-0.25, -0.2) is 0 Å². The second-order valence-corrected chi connectivity index (χ2v) is 5.25. The maximum Gasteiger partial charge on any atom is 0.0357 e. The van der Waals surface area contributed by atoms with Crippen molar-refractivity contribution in [2.75, 3.05) is 7.05 Å². The summed E-state index contributed by atoms with van der Waals surface area (Å²) in [6.07, 6.45) is 1.20. The normalized spacial score (nSPS) is 15.2. The fourth-order valence-corrected chi connectivity index (χ4v) is 3.22. The molecule has 1 nitrogen and oxygen atoms in total. The van der Waals surface area contributed by atoms with Gasteiger partial charge in [0.1, 0.15) is 0 Å². The van der Waals surface area contributed by atoms with Gasteiger partial charge in [0.15, 0.2) is 0 Å². The van der Waals surface area contributed by atoms with Crippen LogP contribution in [0.5, 0.6) is 0 Å². The van der Waals surface area contributed by atoms with Gasteiger partial charge >= 0.3 is 0 Å². The molecule has 0 bridgehead atoms. The Bertz CT molecular complexity index is 460. The van der Waals surface area contributed by atoms with Crippen molar-refractivity contribution in [3.63, 3.8) is 0 Å². The van der Waals surface area contributed by atoms with Crippen LogP contribution in [-0.4, -0.2) is 7.05 Å². The Balaban J connectivity index is 2.45. The van der Waals surface area contributed by atoms with Crippen molar-refractivity contribution in [2.24, 2.45) is 5.92 Å². The minimum atomic E-state index is 0.473. The van der Waals surface area contributed by atoms with E-state index in [1.807, 2.05) is 11.3 Å². The molecule has 2 unspecified atom stereocenters. The van der Waals surface area contributed by atoms with Crippen molar-refractivity contribution in [3.8, 4) is 0 Å². The smallest absolute Gasteiger partial charge is 0.0357 e. The van der Waals surface area contributed by atoms with Gasteiger partial charge in [-0.3, -0.25) is 0 Å². The van der Waals surface area contributed by atoms with Crippen molar-refractivity contribution in [2.45, 2.75) is 26.3 Å². The van der Waals surface area contributed by atoms with E-state index in [1.54, 1.807) is 0 Å². The van der Waals surface area contributed by atoms with Crippen LogP contribution in [0, 0.1) is 5.92 Å². The Kier molecular flexibility index (Phi) is 3.62. The maximum atomic E-state index is 3.45. The van der Waals surface area contributed by atoms with Gasteiger partial charge in [0.25, 0.3) is 0 Å². The third-order valence-electron chi connectivity index (χ3n) is 3.37. The van der Waals surface area contributed by atoms with E-state index in [0.717, 1.165) is 0 Å². The molecule has 0 aliphatic heterocycles. The summed E-state index contributed by atoms with van der Waals surface area (Å²) in [5.41, 5.74) is 1.46. The zero-order valence-electron chi connectivity index (χ0n) is 10.2. The molecular weight excluding hydrogens is 214 g/mol. The molecule has 2 aromatic rings. The number of thiophene rings is 1. The number of benzene rings is 1. The number of hydrogen-bond donors (Lipinski definition) is 1. The summed E-state index contributed by atoms with van der Waals surface area (Å²) in [4.78, 5) is 0. The van der Waals surface area contributed by atoms with Crippen molar-refractivity contribution in [1.29, 1.82) is 0 Å². The second kappa shape index (κ2) is 4.98. The van der Waals surface area contributed by atoms with E-state index in [0.29, 0.717) is 12.0 Å². The monoisotopic (exact) mass is 233 g/mol. The van der Waals surface area contributed by atoms with E-state index in [2.05, 4.69) is 55.9 Å². The van der Waals surface area contributed by atoms with Crippen molar-refractivity contribution in [1.82, 2.24) is 5.32 Å². The van der Waals surface area contributed by atoms with Gasteiger partial charge in [-0.1, -0.05) is 38.5 Å². The molecule has 0 saturated heterocycles. The van der Waals surface area contributed by atoms with E-state index in [-0.39, 0.29) is 0 Å². The zero-order chi connectivity index (χ0) is 11.5. The van der Waals surface area contributed by atoms with Crippen molar-refractivity contribution < 1.29 is 0 Å². The summed E-state index contributed by atoms with van der Waals surface area (Å²) in [6.45, 7) is 4.57. The topological polar surface area (TPSA) is 12.0 Å². The van der Waals surface area contributed by atoms with Crippen LogP contribution in [-0.2, 0) is 0 Å². The van der Waals surface area contributed by atoms with Gasteiger partial charge in [-0.15, -0.1) is 11.3 Å². The number of nitrogens with one attached hydrogen (secondary N) is 1. The number of rotatable bonds is 4. The fraction of sp³-hybridized carbons (Fsp3) is 0.429. The molecule has 1 heterocycles. The quantitative estimate of drug-likeness (QED) is 0.834. The van der Waals surface area contributed by atoms with Crippen LogP contribution in [0.2, 0.25) is 0 Å². The standard InChI is InChI=1S/C14H19NS/c1-4-10(2)14(15-3)12-9-16-13-8-6-5-7-11(12)13/h5-10,14-15H,4H2,1-3H3. The Morgan fingerprint density at radius 1 is 1.31 bits per heavy atom. The van der Waals surface area contributed by atoms with Gasteiger partial charge in [-0.05, 0) is 35.4 Å². The summed E-state index contributed by atoms with van der Waals surface area (Å²) in [7, 11) is 2.06. The molecule has 16 heavy (non-hydrogen) atoms. The van der Waals surface area contributed by atoms with Crippen molar-refractivity contribution >= 4 is 21.4 Å². The summed E-state index contributed by atoms with van der Waals surface area (Å²) >= 11 is 1.85. The number of fused-ring (bicyclic) bond motifs is 1. The highest BCUT2D eigenvalue weighted by atomic mass is 32.1. The zero-order valence-corrected chi connectivity index (χ0v) is 11.0. The molecule has 0 radical (unpaired) electrons.